The van der Waals surface area contributed by atoms with Crippen molar-refractivity contribution in [2.75, 3.05) is 5.32 Å². The average molecular weight is 544 g/mol. The fourth-order valence-corrected chi connectivity index (χ4v) is 4.92. The van der Waals surface area contributed by atoms with Gasteiger partial charge in [0.1, 0.15) is 5.82 Å². The molecule has 0 saturated heterocycles. The predicted molar refractivity (Wildman–Crippen MR) is 147 cm³/mol. The minimum Gasteiger partial charge on any atom is -0.340 e. The first kappa shape index (κ1) is 25.5. The lowest BCUT2D eigenvalue weighted by atomic mass is 10.1. The van der Waals surface area contributed by atoms with Crippen LogP contribution < -0.4 is 10.9 Å². The predicted octanol–water partition coefficient (Wildman–Crippen LogP) is 6.31. The maximum atomic E-state index is 13.0. The van der Waals surface area contributed by atoms with Crippen LogP contribution in [0.5, 0.6) is 0 Å². The fourth-order valence-electron chi connectivity index (χ4n) is 4.92. The monoisotopic (exact) mass is 543 g/mol. The van der Waals surface area contributed by atoms with Crippen LogP contribution in [0, 0.1) is 5.92 Å². The quantitative estimate of drug-likeness (QED) is 0.271. The van der Waals surface area contributed by atoms with E-state index in [1.807, 2.05) is 60.7 Å². The molecule has 5 aromatic rings. The van der Waals surface area contributed by atoms with E-state index in [9.17, 15) is 22.8 Å². The summed E-state index contributed by atoms with van der Waals surface area (Å²) in [6, 6.07) is 20.5. The first-order valence-electron chi connectivity index (χ1n) is 12.8. The van der Waals surface area contributed by atoms with Crippen molar-refractivity contribution >= 4 is 39.1 Å². The molecule has 1 aliphatic heterocycles. The summed E-state index contributed by atoms with van der Waals surface area (Å²) in [5.41, 5.74) is 3.80. The summed E-state index contributed by atoms with van der Waals surface area (Å²) in [6.45, 7) is 1.54. The van der Waals surface area contributed by atoms with Crippen LogP contribution in [-0.2, 0) is 17.9 Å². The molecule has 0 saturated carbocycles. The van der Waals surface area contributed by atoms with Gasteiger partial charge in [0, 0.05) is 47.7 Å². The fraction of sp³-hybridized carbons (Fsp3) is 0.200. The molecule has 2 aromatic heterocycles. The van der Waals surface area contributed by atoms with Crippen LogP contribution in [-0.4, -0.2) is 31.9 Å². The Bertz CT molecular complexity index is 1830. The molecule has 1 atom stereocenters. The number of aromatic amines is 1. The molecular formula is C30H24F3N5O2. The number of rotatable bonds is 5. The number of carbonyl (C=O) groups excluding carboxylic acids is 1. The molecule has 1 aliphatic rings. The minimum atomic E-state index is -4.40. The van der Waals surface area contributed by atoms with Crippen LogP contribution in [0.3, 0.4) is 0 Å². The molecule has 0 radical (unpaired) electrons. The molecule has 0 spiro atoms. The second-order valence-corrected chi connectivity index (χ2v) is 10.0. The number of anilines is 2. The van der Waals surface area contributed by atoms with Crippen molar-refractivity contribution in [3.63, 3.8) is 0 Å². The number of halogens is 3. The van der Waals surface area contributed by atoms with Gasteiger partial charge in [0.05, 0.1) is 11.4 Å². The highest BCUT2D eigenvalue weighted by Crippen LogP contribution is 2.33. The van der Waals surface area contributed by atoms with Crippen molar-refractivity contribution in [3.05, 3.63) is 94.4 Å². The van der Waals surface area contributed by atoms with Crippen LogP contribution in [0.15, 0.2) is 77.7 Å². The van der Waals surface area contributed by atoms with Gasteiger partial charge >= 0.3 is 6.18 Å². The van der Waals surface area contributed by atoms with Gasteiger partial charge in [-0.05, 0) is 59.0 Å². The number of para-hydroxylation sites is 1. The van der Waals surface area contributed by atoms with E-state index < -0.39 is 24.4 Å². The highest BCUT2D eigenvalue weighted by Gasteiger charge is 2.38. The Morgan fingerprint density at radius 2 is 1.80 bits per heavy atom. The number of fused-ring (bicyclic) bond motifs is 3. The molecule has 0 aliphatic carbocycles. The SMILES string of the molecule is CC(CC(=O)N1Cc2ccc(-c3nc(Nc4ccc5c(=O)[nH]ccc5c4)c4ccccc4n3)cc2C1)C(F)(F)F. The average Bonchev–Trinajstić information content (AvgIpc) is 3.36. The maximum Gasteiger partial charge on any atom is 0.392 e. The van der Waals surface area contributed by atoms with Gasteiger partial charge < -0.3 is 15.2 Å². The van der Waals surface area contributed by atoms with Crippen molar-refractivity contribution in [1.29, 1.82) is 0 Å². The van der Waals surface area contributed by atoms with E-state index >= 15 is 0 Å². The number of benzene rings is 3. The molecule has 1 unspecified atom stereocenters. The van der Waals surface area contributed by atoms with E-state index in [4.69, 9.17) is 9.97 Å². The molecule has 7 nitrogen and oxygen atoms in total. The summed E-state index contributed by atoms with van der Waals surface area (Å²) in [7, 11) is 0. The van der Waals surface area contributed by atoms with Crippen LogP contribution in [0.2, 0.25) is 0 Å². The van der Waals surface area contributed by atoms with Gasteiger partial charge in [-0.3, -0.25) is 9.59 Å². The number of H-pyrrole nitrogens is 1. The topological polar surface area (TPSA) is 91.0 Å². The number of hydrogen-bond acceptors (Lipinski definition) is 5. The van der Waals surface area contributed by atoms with E-state index in [1.165, 1.54) is 4.90 Å². The van der Waals surface area contributed by atoms with Crippen LogP contribution >= 0.6 is 0 Å². The summed E-state index contributed by atoms with van der Waals surface area (Å²) < 4.78 is 38.9. The third kappa shape index (κ3) is 4.88. The smallest absolute Gasteiger partial charge is 0.340 e. The molecule has 0 bridgehead atoms. The van der Waals surface area contributed by atoms with Crippen LogP contribution in [0.1, 0.15) is 24.5 Å². The number of hydrogen-bond donors (Lipinski definition) is 2. The standard InChI is InChI=1S/C30H24F3N5O2/c1-17(30(31,32)33)12-26(39)38-15-20-7-6-19(13-21(20)16-38)27-36-25-5-3-2-4-24(25)28(37-27)35-22-8-9-23-18(14-22)10-11-34-29(23)40/h2-11,13-14,17H,12,15-16H2,1H3,(H,34,40)(H,35,36,37). The van der Waals surface area contributed by atoms with E-state index in [1.54, 1.807) is 12.3 Å². The lowest BCUT2D eigenvalue weighted by molar-refractivity contribution is -0.176. The van der Waals surface area contributed by atoms with Crippen molar-refractivity contribution in [2.45, 2.75) is 32.6 Å². The van der Waals surface area contributed by atoms with Gasteiger partial charge in [0.15, 0.2) is 5.82 Å². The number of nitrogens with zero attached hydrogens (tertiary/aromatic N) is 3. The first-order valence-corrected chi connectivity index (χ1v) is 12.8. The third-order valence-electron chi connectivity index (χ3n) is 7.22. The Balaban J connectivity index is 1.30. The zero-order chi connectivity index (χ0) is 28.0. The van der Waals surface area contributed by atoms with E-state index in [2.05, 4.69) is 10.3 Å². The minimum absolute atomic E-state index is 0.162. The molecule has 2 N–H and O–H groups in total. The van der Waals surface area contributed by atoms with Crippen LogP contribution in [0.4, 0.5) is 24.7 Å². The maximum absolute atomic E-state index is 13.0. The Hall–Kier alpha value is -4.73. The zero-order valence-corrected chi connectivity index (χ0v) is 21.4. The Morgan fingerprint density at radius 3 is 2.62 bits per heavy atom. The lowest BCUT2D eigenvalue weighted by Gasteiger charge is -2.20. The van der Waals surface area contributed by atoms with E-state index in [0.29, 0.717) is 17.0 Å². The number of alkyl halides is 3. The second kappa shape index (κ2) is 9.78. The number of pyridine rings is 1. The van der Waals surface area contributed by atoms with Crippen molar-refractivity contribution in [3.8, 4) is 11.4 Å². The molecule has 10 heteroatoms. The van der Waals surface area contributed by atoms with Gasteiger partial charge in [-0.2, -0.15) is 13.2 Å². The molecule has 40 heavy (non-hydrogen) atoms. The summed E-state index contributed by atoms with van der Waals surface area (Å²) in [4.78, 5) is 38.3. The summed E-state index contributed by atoms with van der Waals surface area (Å²) in [5, 5.41) is 5.55. The second-order valence-electron chi connectivity index (χ2n) is 10.0. The number of carbonyl (C=O) groups is 1. The van der Waals surface area contributed by atoms with E-state index in [-0.39, 0.29) is 18.6 Å². The highest BCUT2D eigenvalue weighted by molar-refractivity contribution is 5.93. The Kier molecular flexibility index (Phi) is 6.25. The van der Waals surface area contributed by atoms with Gasteiger partial charge in [0.2, 0.25) is 5.91 Å². The molecular weight excluding hydrogens is 519 g/mol. The van der Waals surface area contributed by atoms with Crippen molar-refractivity contribution < 1.29 is 18.0 Å². The largest absolute Gasteiger partial charge is 0.392 e. The van der Waals surface area contributed by atoms with Crippen LogP contribution in [0.25, 0.3) is 33.1 Å². The van der Waals surface area contributed by atoms with Gasteiger partial charge in [-0.25, -0.2) is 9.97 Å². The number of amides is 1. The third-order valence-corrected chi connectivity index (χ3v) is 7.22. The molecule has 1 amide bonds. The molecule has 3 aromatic carbocycles. The van der Waals surface area contributed by atoms with Gasteiger partial charge in [-0.15, -0.1) is 0 Å². The molecule has 202 valence electrons. The Morgan fingerprint density at radius 1 is 1.00 bits per heavy atom. The summed E-state index contributed by atoms with van der Waals surface area (Å²) >= 11 is 0. The lowest BCUT2D eigenvalue weighted by Crippen LogP contribution is -2.31. The first-order chi connectivity index (χ1) is 19.2. The van der Waals surface area contributed by atoms with Crippen molar-refractivity contribution in [2.24, 2.45) is 5.92 Å². The summed E-state index contributed by atoms with van der Waals surface area (Å²) in [6.07, 6.45) is -3.37. The van der Waals surface area contributed by atoms with Gasteiger partial charge in [-0.1, -0.05) is 31.2 Å². The molecule has 6 rings (SSSR count). The summed E-state index contributed by atoms with van der Waals surface area (Å²) in [5.74, 6) is -1.16. The van der Waals surface area contributed by atoms with Crippen molar-refractivity contribution in [1.82, 2.24) is 19.9 Å². The zero-order valence-electron chi connectivity index (χ0n) is 21.4. The molecule has 3 heterocycles. The van der Waals surface area contributed by atoms with Gasteiger partial charge in [0.25, 0.3) is 5.56 Å². The van der Waals surface area contributed by atoms with E-state index in [0.717, 1.165) is 45.6 Å². The number of nitrogens with one attached hydrogen (secondary N) is 2. The highest BCUT2D eigenvalue weighted by atomic mass is 19.4. The Labute approximate surface area is 226 Å². The normalized spacial score (nSPS) is 13.9. The molecule has 0 fully saturated rings. The number of aromatic nitrogens is 3.